The molecule has 0 aliphatic carbocycles. The third-order valence-electron chi connectivity index (χ3n) is 4.18. The third-order valence-corrected chi connectivity index (χ3v) is 4.18. The molecule has 2 heterocycles. The van der Waals surface area contributed by atoms with Crippen LogP contribution in [0, 0.1) is 0 Å². The largest absolute Gasteiger partial charge is 0.416 e. The van der Waals surface area contributed by atoms with Gasteiger partial charge < -0.3 is 4.98 Å². The molecule has 3 rings (SSSR count). The van der Waals surface area contributed by atoms with Crippen molar-refractivity contribution in [3.05, 3.63) is 51.4 Å². The van der Waals surface area contributed by atoms with Crippen LogP contribution in [0.25, 0.3) is 11.4 Å². The van der Waals surface area contributed by atoms with Gasteiger partial charge in [-0.25, -0.2) is 4.98 Å². The SMILES string of the molecule is CCCN1CCc2c(nc(-c3ccc(C(F)(F)F)cc3)[nH]c2=O)C1. The number of hydrogen-bond acceptors (Lipinski definition) is 3. The molecule has 1 N–H and O–H groups in total. The van der Waals surface area contributed by atoms with E-state index in [0.717, 1.165) is 31.6 Å². The zero-order valence-electron chi connectivity index (χ0n) is 13.3. The van der Waals surface area contributed by atoms with Crippen molar-refractivity contribution in [2.24, 2.45) is 0 Å². The van der Waals surface area contributed by atoms with Crippen molar-refractivity contribution in [3.8, 4) is 11.4 Å². The quantitative estimate of drug-likeness (QED) is 0.935. The molecule has 0 unspecified atom stereocenters. The molecule has 1 aromatic carbocycles. The first-order valence-corrected chi connectivity index (χ1v) is 7.90. The highest BCUT2D eigenvalue weighted by atomic mass is 19.4. The van der Waals surface area contributed by atoms with Crippen molar-refractivity contribution in [2.75, 3.05) is 13.1 Å². The van der Waals surface area contributed by atoms with Crippen molar-refractivity contribution in [1.82, 2.24) is 14.9 Å². The van der Waals surface area contributed by atoms with Gasteiger partial charge in [-0.15, -0.1) is 0 Å². The van der Waals surface area contributed by atoms with E-state index in [4.69, 9.17) is 0 Å². The molecule has 4 nitrogen and oxygen atoms in total. The average Bonchev–Trinajstić information content (AvgIpc) is 2.54. The highest BCUT2D eigenvalue weighted by Crippen LogP contribution is 2.30. The Morgan fingerprint density at radius 2 is 1.96 bits per heavy atom. The lowest BCUT2D eigenvalue weighted by Gasteiger charge is -2.27. The Labute approximate surface area is 137 Å². The molecule has 0 fully saturated rings. The number of rotatable bonds is 3. The Hall–Kier alpha value is -2.15. The summed E-state index contributed by atoms with van der Waals surface area (Å²) in [5.74, 6) is 0.311. The van der Waals surface area contributed by atoms with E-state index in [1.165, 1.54) is 12.1 Å². The Morgan fingerprint density at radius 1 is 1.25 bits per heavy atom. The molecular weight excluding hydrogens is 319 g/mol. The van der Waals surface area contributed by atoms with Crippen molar-refractivity contribution in [3.63, 3.8) is 0 Å². The van der Waals surface area contributed by atoms with Crippen LogP contribution >= 0.6 is 0 Å². The molecule has 128 valence electrons. The van der Waals surface area contributed by atoms with E-state index < -0.39 is 11.7 Å². The highest BCUT2D eigenvalue weighted by molar-refractivity contribution is 5.56. The minimum Gasteiger partial charge on any atom is -0.306 e. The molecule has 24 heavy (non-hydrogen) atoms. The molecule has 1 aliphatic heterocycles. The second-order valence-corrected chi connectivity index (χ2v) is 5.94. The van der Waals surface area contributed by atoms with E-state index in [2.05, 4.69) is 21.8 Å². The van der Waals surface area contributed by atoms with Gasteiger partial charge in [0, 0.05) is 24.2 Å². The number of nitrogens with one attached hydrogen (secondary N) is 1. The minimum absolute atomic E-state index is 0.203. The van der Waals surface area contributed by atoms with Gasteiger partial charge in [0.2, 0.25) is 0 Å². The standard InChI is InChI=1S/C17H18F3N3O/c1-2-8-23-9-7-13-14(10-23)21-15(22-16(13)24)11-3-5-12(6-4-11)17(18,19)20/h3-6H,2,7-10H2,1H3,(H,21,22,24). The van der Waals surface area contributed by atoms with Crippen LogP contribution in [0.3, 0.4) is 0 Å². The van der Waals surface area contributed by atoms with E-state index in [9.17, 15) is 18.0 Å². The lowest BCUT2D eigenvalue weighted by Crippen LogP contribution is -2.35. The van der Waals surface area contributed by atoms with Gasteiger partial charge in [0.1, 0.15) is 5.82 Å². The van der Waals surface area contributed by atoms with Crippen molar-refractivity contribution < 1.29 is 13.2 Å². The molecule has 1 aromatic heterocycles. The molecule has 7 heteroatoms. The number of halogens is 3. The zero-order valence-corrected chi connectivity index (χ0v) is 13.3. The second-order valence-electron chi connectivity index (χ2n) is 5.94. The van der Waals surface area contributed by atoms with Crippen molar-refractivity contribution in [1.29, 1.82) is 0 Å². The van der Waals surface area contributed by atoms with Gasteiger partial charge in [0.15, 0.2) is 0 Å². The van der Waals surface area contributed by atoms with E-state index in [1.807, 2.05) is 0 Å². The van der Waals surface area contributed by atoms with Crippen LogP contribution < -0.4 is 5.56 Å². The van der Waals surface area contributed by atoms with Gasteiger partial charge in [-0.3, -0.25) is 9.69 Å². The zero-order chi connectivity index (χ0) is 17.3. The second kappa shape index (κ2) is 6.39. The molecule has 0 saturated heterocycles. The fourth-order valence-electron chi connectivity index (χ4n) is 2.95. The molecule has 1 aliphatic rings. The Kier molecular flexibility index (Phi) is 4.45. The summed E-state index contributed by atoms with van der Waals surface area (Å²) in [5, 5.41) is 0. The lowest BCUT2D eigenvalue weighted by atomic mass is 10.1. The van der Waals surface area contributed by atoms with E-state index in [-0.39, 0.29) is 5.56 Å². The topological polar surface area (TPSA) is 49.0 Å². The van der Waals surface area contributed by atoms with Gasteiger partial charge in [0.25, 0.3) is 5.56 Å². The first-order valence-electron chi connectivity index (χ1n) is 7.90. The van der Waals surface area contributed by atoms with E-state index in [1.54, 1.807) is 0 Å². The summed E-state index contributed by atoms with van der Waals surface area (Å²) < 4.78 is 37.9. The van der Waals surface area contributed by atoms with Crippen LogP contribution in [0.2, 0.25) is 0 Å². The Morgan fingerprint density at radius 3 is 2.58 bits per heavy atom. The molecule has 0 spiro atoms. The third kappa shape index (κ3) is 3.36. The average molecular weight is 337 g/mol. The summed E-state index contributed by atoms with van der Waals surface area (Å²) in [4.78, 5) is 21.7. The predicted octanol–water partition coefficient (Wildman–Crippen LogP) is 3.22. The number of nitrogens with zero attached hydrogens (tertiary/aromatic N) is 2. The van der Waals surface area contributed by atoms with E-state index >= 15 is 0 Å². The number of alkyl halides is 3. The number of aromatic amines is 1. The summed E-state index contributed by atoms with van der Waals surface area (Å²) >= 11 is 0. The maximum absolute atomic E-state index is 12.6. The summed E-state index contributed by atoms with van der Waals surface area (Å²) in [5.41, 5.74) is 0.939. The smallest absolute Gasteiger partial charge is 0.306 e. The minimum atomic E-state index is -4.38. The predicted molar refractivity (Wildman–Crippen MR) is 84.6 cm³/mol. The van der Waals surface area contributed by atoms with Gasteiger partial charge in [-0.1, -0.05) is 19.1 Å². The van der Waals surface area contributed by atoms with Crippen LogP contribution in [0.15, 0.2) is 29.1 Å². The number of benzene rings is 1. The summed E-state index contributed by atoms with van der Waals surface area (Å²) in [7, 11) is 0. The molecule has 0 amide bonds. The number of hydrogen-bond donors (Lipinski definition) is 1. The van der Waals surface area contributed by atoms with Crippen LogP contribution in [-0.4, -0.2) is 28.0 Å². The lowest BCUT2D eigenvalue weighted by molar-refractivity contribution is -0.137. The first kappa shape index (κ1) is 16.7. The van der Waals surface area contributed by atoms with Crippen LogP contribution in [0.1, 0.15) is 30.2 Å². The van der Waals surface area contributed by atoms with Crippen LogP contribution in [-0.2, 0) is 19.1 Å². The fraction of sp³-hybridized carbons (Fsp3) is 0.412. The monoisotopic (exact) mass is 337 g/mol. The van der Waals surface area contributed by atoms with Gasteiger partial charge in [0.05, 0.1) is 11.3 Å². The Balaban J connectivity index is 1.94. The fourth-order valence-corrected chi connectivity index (χ4v) is 2.95. The van der Waals surface area contributed by atoms with Gasteiger partial charge >= 0.3 is 6.18 Å². The Bertz CT molecular complexity index is 781. The van der Waals surface area contributed by atoms with Gasteiger partial charge in [-0.2, -0.15) is 13.2 Å². The van der Waals surface area contributed by atoms with E-state index in [0.29, 0.717) is 35.6 Å². The van der Waals surface area contributed by atoms with Gasteiger partial charge in [-0.05, 0) is 31.5 Å². The van der Waals surface area contributed by atoms with Crippen molar-refractivity contribution in [2.45, 2.75) is 32.5 Å². The molecule has 0 bridgehead atoms. The molecule has 0 saturated carbocycles. The summed E-state index contributed by atoms with van der Waals surface area (Å²) in [6.07, 6.45) is -2.72. The number of H-pyrrole nitrogens is 1. The number of aromatic nitrogens is 2. The molecule has 2 aromatic rings. The van der Waals surface area contributed by atoms with Crippen LogP contribution in [0.5, 0.6) is 0 Å². The maximum atomic E-state index is 12.6. The first-order chi connectivity index (χ1) is 11.4. The molecule has 0 radical (unpaired) electrons. The molecule has 0 atom stereocenters. The maximum Gasteiger partial charge on any atom is 0.416 e. The number of fused-ring (bicyclic) bond motifs is 1. The molecular formula is C17H18F3N3O. The highest BCUT2D eigenvalue weighted by Gasteiger charge is 2.30. The summed E-state index contributed by atoms with van der Waals surface area (Å²) in [6, 6.07) is 4.66. The van der Waals surface area contributed by atoms with Crippen LogP contribution in [0.4, 0.5) is 13.2 Å². The summed E-state index contributed by atoms with van der Waals surface area (Å²) in [6.45, 7) is 4.45. The normalized spacial score (nSPS) is 15.3. The van der Waals surface area contributed by atoms with Crippen molar-refractivity contribution >= 4 is 0 Å².